The van der Waals surface area contributed by atoms with Crippen LogP contribution in [-0.4, -0.2) is 47.0 Å². The zero-order valence-corrected chi connectivity index (χ0v) is 18.3. The van der Waals surface area contributed by atoms with Gasteiger partial charge in [-0.05, 0) is 42.8 Å². The van der Waals surface area contributed by atoms with Crippen molar-refractivity contribution in [1.82, 2.24) is 15.0 Å². The van der Waals surface area contributed by atoms with Gasteiger partial charge in [0.2, 0.25) is 5.56 Å². The number of benzene rings is 2. The van der Waals surface area contributed by atoms with Gasteiger partial charge in [0.1, 0.15) is 5.82 Å². The van der Waals surface area contributed by atoms with Crippen LogP contribution >= 0.6 is 0 Å². The van der Waals surface area contributed by atoms with Gasteiger partial charge in [0.05, 0.1) is 11.8 Å². The Hall–Kier alpha value is -4.20. The van der Waals surface area contributed by atoms with E-state index in [2.05, 4.69) is 30.1 Å². The lowest BCUT2D eigenvalue weighted by molar-refractivity contribution is 0.102. The molecule has 1 saturated heterocycles. The van der Waals surface area contributed by atoms with Gasteiger partial charge in [-0.15, -0.1) is 0 Å². The van der Waals surface area contributed by atoms with Crippen LogP contribution in [0.5, 0.6) is 0 Å². The third-order valence-electron chi connectivity index (χ3n) is 5.95. The quantitative estimate of drug-likeness (QED) is 0.506. The first-order valence-corrected chi connectivity index (χ1v) is 10.9. The van der Waals surface area contributed by atoms with Gasteiger partial charge in [0, 0.05) is 66.9 Å². The molecule has 3 heterocycles. The number of hydrogen-bond acceptors (Lipinski definition) is 6. The Bertz CT molecular complexity index is 1360. The molecule has 5 rings (SSSR count). The highest BCUT2D eigenvalue weighted by Gasteiger charge is 2.22. The molecule has 1 amide bonds. The monoisotopic (exact) mass is 440 g/mol. The van der Waals surface area contributed by atoms with Crippen LogP contribution in [0.3, 0.4) is 0 Å². The summed E-state index contributed by atoms with van der Waals surface area (Å²) >= 11 is 0. The summed E-state index contributed by atoms with van der Waals surface area (Å²) in [5.74, 6) is 0.708. The molecule has 2 N–H and O–H groups in total. The van der Waals surface area contributed by atoms with Crippen molar-refractivity contribution >= 4 is 34.0 Å². The number of carbonyl (C=O) groups excluding carboxylic acids is 1. The molecular weight excluding hydrogens is 416 g/mol. The summed E-state index contributed by atoms with van der Waals surface area (Å²) in [7, 11) is 0. The van der Waals surface area contributed by atoms with Crippen molar-refractivity contribution in [3.05, 3.63) is 88.6 Å². The average molecular weight is 441 g/mol. The maximum absolute atomic E-state index is 13.2. The fourth-order valence-electron chi connectivity index (χ4n) is 4.27. The summed E-state index contributed by atoms with van der Waals surface area (Å²) in [4.78, 5) is 40.7. The van der Waals surface area contributed by atoms with E-state index >= 15 is 0 Å². The number of nitrogens with one attached hydrogen (secondary N) is 2. The van der Waals surface area contributed by atoms with E-state index in [4.69, 9.17) is 0 Å². The molecule has 8 nitrogen and oxygen atoms in total. The molecule has 1 fully saturated rings. The number of hydrogen-bond donors (Lipinski definition) is 2. The Morgan fingerprint density at radius 1 is 1.00 bits per heavy atom. The number of aryl methyl sites for hydroxylation is 1. The van der Waals surface area contributed by atoms with Crippen LogP contribution in [0.25, 0.3) is 10.9 Å². The number of aromatic nitrogens is 3. The van der Waals surface area contributed by atoms with Crippen LogP contribution in [0.2, 0.25) is 0 Å². The predicted molar refractivity (Wildman–Crippen MR) is 130 cm³/mol. The smallest absolute Gasteiger partial charge is 0.257 e. The standard InChI is InChI=1S/C25H24N6O2/c1-17-14-24(32)29-21-7-6-18(15-20(17)21)28-25(33)19-4-2-3-5-22(19)30-10-12-31(13-11-30)23-16-26-8-9-27-23/h2-9,14-16H,10-13H2,1H3,(H,28,33)(H,29,32). The van der Waals surface area contributed by atoms with Crippen LogP contribution in [0.15, 0.2) is 71.9 Å². The molecule has 0 bridgehead atoms. The molecule has 0 unspecified atom stereocenters. The number of pyridine rings is 1. The van der Waals surface area contributed by atoms with Gasteiger partial charge in [-0.2, -0.15) is 0 Å². The fraction of sp³-hybridized carbons (Fsp3) is 0.200. The summed E-state index contributed by atoms with van der Waals surface area (Å²) in [5.41, 5.74) is 3.71. The van der Waals surface area contributed by atoms with Crippen LogP contribution in [0.4, 0.5) is 17.2 Å². The van der Waals surface area contributed by atoms with Gasteiger partial charge >= 0.3 is 0 Å². The first kappa shape index (κ1) is 20.7. The van der Waals surface area contributed by atoms with E-state index in [9.17, 15) is 9.59 Å². The van der Waals surface area contributed by atoms with E-state index in [1.54, 1.807) is 30.7 Å². The minimum Gasteiger partial charge on any atom is -0.367 e. The number of anilines is 3. The lowest BCUT2D eigenvalue weighted by Gasteiger charge is -2.37. The first-order valence-electron chi connectivity index (χ1n) is 10.9. The number of carbonyl (C=O) groups is 1. The zero-order chi connectivity index (χ0) is 22.8. The average Bonchev–Trinajstić information content (AvgIpc) is 2.85. The molecule has 0 atom stereocenters. The molecular formula is C25H24N6O2. The predicted octanol–water partition coefficient (Wildman–Crippen LogP) is 3.21. The molecule has 0 aliphatic carbocycles. The van der Waals surface area contributed by atoms with Gasteiger partial charge in [-0.1, -0.05) is 12.1 Å². The van der Waals surface area contributed by atoms with E-state index in [1.807, 2.05) is 43.3 Å². The first-order chi connectivity index (χ1) is 16.1. The van der Waals surface area contributed by atoms with Crippen molar-refractivity contribution in [2.75, 3.05) is 41.3 Å². The van der Waals surface area contributed by atoms with Crippen molar-refractivity contribution in [2.45, 2.75) is 6.92 Å². The number of piperazine rings is 1. The minimum atomic E-state index is -0.164. The highest BCUT2D eigenvalue weighted by atomic mass is 16.1. The Morgan fingerprint density at radius 3 is 2.58 bits per heavy atom. The normalized spacial score (nSPS) is 13.8. The molecule has 0 saturated carbocycles. The lowest BCUT2D eigenvalue weighted by atomic mass is 10.1. The number of aromatic amines is 1. The number of amides is 1. The minimum absolute atomic E-state index is 0.134. The van der Waals surface area contributed by atoms with Crippen molar-refractivity contribution in [2.24, 2.45) is 0 Å². The second-order valence-electron chi connectivity index (χ2n) is 8.09. The number of rotatable bonds is 4. The second kappa shape index (κ2) is 8.74. The van der Waals surface area contributed by atoms with Gasteiger partial charge in [0.15, 0.2) is 0 Å². The summed E-state index contributed by atoms with van der Waals surface area (Å²) in [6.07, 6.45) is 5.15. The highest BCUT2D eigenvalue weighted by molar-refractivity contribution is 6.08. The maximum Gasteiger partial charge on any atom is 0.257 e. The van der Waals surface area contributed by atoms with Gasteiger partial charge in [-0.25, -0.2) is 4.98 Å². The summed E-state index contributed by atoms with van der Waals surface area (Å²) in [6.45, 7) is 5.06. The molecule has 8 heteroatoms. The Morgan fingerprint density at radius 2 is 1.79 bits per heavy atom. The lowest BCUT2D eigenvalue weighted by Crippen LogP contribution is -2.47. The van der Waals surface area contributed by atoms with Crippen molar-refractivity contribution in [3.8, 4) is 0 Å². The Labute approximate surface area is 190 Å². The van der Waals surface area contributed by atoms with Crippen LogP contribution in [0, 0.1) is 6.92 Å². The molecule has 166 valence electrons. The van der Waals surface area contributed by atoms with Gasteiger partial charge in [0.25, 0.3) is 5.91 Å². The topological polar surface area (TPSA) is 94.2 Å². The fourth-order valence-corrected chi connectivity index (χ4v) is 4.27. The summed E-state index contributed by atoms with van der Waals surface area (Å²) in [5, 5.41) is 3.92. The number of fused-ring (bicyclic) bond motifs is 1. The maximum atomic E-state index is 13.2. The molecule has 1 aliphatic rings. The number of H-pyrrole nitrogens is 1. The molecule has 4 aromatic rings. The van der Waals surface area contributed by atoms with E-state index in [0.717, 1.165) is 54.2 Å². The molecule has 1 aliphatic heterocycles. The molecule has 33 heavy (non-hydrogen) atoms. The third-order valence-corrected chi connectivity index (χ3v) is 5.95. The SMILES string of the molecule is Cc1cc(=O)[nH]c2ccc(NC(=O)c3ccccc3N3CCN(c4cnccn4)CC3)cc12. The van der Waals surface area contributed by atoms with Crippen LogP contribution in [0.1, 0.15) is 15.9 Å². The van der Waals surface area contributed by atoms with Crippen LogP contribution < -0.4 is 20.7 Å². The molecule has 2 aromatic heterocycles. The zero-order valence-electron chi connectivity index (χ0n) is 18.3. The summed E-state index contributed by atoms with van der Waals surface area (Å²) < 4.78 is 0. The molecule has 0 spiro atoms. The molecule has 2 aromatic carbocycles. The highest BCUT2D eigenvalue weighted by Crippen LogP contribution is 2.25. The van der Waals surface area contributed by atoms with Gasteiger partial charge < -0.3 is 20.1 Å². The number of nitrogens with zero attached hydrogens (tertiary/aromatic N) is 4. The van der Waals surface area contributed by atoms with E-state index in [0.29, 0.717) is 11.3 Å². The van der Waals surface area contributed by atoms with Crippen molar-refractivity contribution in [3.63, 3.8) is 0 Å². The van der Waals surface area contributed by atoms with Crippen molar-refractivity contribution < 1.29 is 4.79 Å². The summed E-state index contributed by atoms with van der Waals surface area (Å²) in [6, 6.07) is 14.7. The Kier molecular flexibility index (Phi) is 5.48. The largest absolute Gasteiger partial charge is 0.367 e. The third kappa shape index (κ3) is 4.27. The van der Waals surface area contributed by atoms with E-state index in [1.165, 1.54) is 0 Å². The second-order valence-corrected chi connectivity index (χ2v) is 8.09. The number of para-hydroxylation sites is 1. The van der Waals surface area contributed by atoms with Crippen molar-refractivity contribution in [1.29, 1.82) is 0 Å². The van der Waals surface area contributed by atoms with E-state index in [-0.39, 0.29) is 11.5 Å². The van der Waals surface area contributed by atoms with E-state index < -0.39 is 0 Å². The van der Waals surface area contributed by atoms with Crippen LogP contribution in [-0.2, 0) is 0 Å². The molecule has 0 radical (unpaired) electrons. The Balaban J connectivity index is 1.34. The van der Waals surface area contributed by atoms with Gasteiger partial charge in [-0.3, -0.25) is 14.6 Å².